The highest BCUT2D eigenvalue weighted by Crippen LogP contribution is 2.17. The number of hydrogen-bond donors (Lipinski definition) is 0. The van der Waals surface area contributed by atoms with Crippen LogP contribution in [0.5, 0.6) is 0 Å². The summed E-state index contributed by atoms with van der Waals surface area (Å²) < 4.78 is 8.94. The van der Waals surface area contributed by atoms with Gasteiger partial charge in [0, 0.05) is 27.2 Å². The van der Waals surface area contributed by atoms with Crippen LogP contribution in [-0.2, 0) is 27.2 Å². The predicted octanol–water partition coefficient (Wildman–Crippen LogP) is 2.42. The monoisotopic (exact) mass is 356 g/mol. The smallest absolute Gasteiger partial charge is 0.328 e. The summed E-state index contributed by atoms with van der Waals surface area (Å²) in [6.45, 7) is 3.66. The SMILES string of the molecule is CN(C)CCCN(Cc1ccc2c(c1)n(C)c(=O)n2C)Cc1ccco1. The van der Waals surface area contributed by atoms with Crippen molar-refractivity contribution in [1.29, 1.82) is 0 Å². The maximum absolute atomic E-state index is 12.1. The zero-order valence-corrected chi connectivity index (χ0v) is 16.1. The third-order valence-corrected chi connectivity index (χ3v) is 4.78. The maximum atomic E-state index is 12.1. The largest absolute Gasteiger partial charge is 0.468 e. The number of rotatable bonds is 8. The second-order valence-electron chi connectivity index (χ2n) is 7.17. The molecule has 0 amide bonds. The second kappa shape index (κ2) is 7.93. The molecule has 0 N–H and O–H groups in total. The van der Waals surface area contributed by atoms with Crippen LogP contribution in [0.3, 0.4) is 0 Å². The molecule has 0 atom stereocenters. The van der Waals surface area contributed by atoms with E-state index in [2.05, 4.69) is 36.0 Å². The summed E-state index contributed by atoms with van der Waals surface area (Å²) >= 11 is 0. The normalized spacial score (nSPS) is 11.9. The van der Waals surface area contributed by atoms with E-state index in [0.717, 1.165) is 49.4 Å². The van der Waals surface area contributed by atoms with E-state index in [0.29, 0.717) is 0 Å². The number of fused-ring (bicyclic) bond motifs is 1. The molecular weight excluding hydrogens is 328 g/mol. The maximum Gasteiger partial charge on any atom is 0.328 e. The Bertz CT molecular complexity index is 906. The Balaban J connectivity index is 1.79. The zero-order chi connectivity index (χ0) is 18.7. The molecule has 3 rings (SSSR count). The van der Waals surface area contributed by atoms with Crippen LogP contribution in [0.4, 0.5) is 0 Å². The third-order valence-electron chi connectivity index (χ3n) is 4.78. The van der Waals surface area contributed by atoms with E-state index in [1.807, 2.05) is 32.3 Å². The van der Waals surface area contributed by atoms with E-state index in [1.165, 1.54) is 5.56 Å². The third kappa shape index (κ3) is 4.08. The Morgan fingerprint density at radius 2 is 1.77 bits per heavy atom. The molecule has 0 saturated carbocycles. The summed E-state index contributed by atoms with van der Waals surface area (Å²) in [4.78, 5) is 16.7. The number of imidazole rings is 1. The second-order valence-corrected chi connectivity index (χ2v) is 7.17. The molecule has 26 heavy (non-hydrogen) atoms. The lowest BCUT2D eigenvalue weighted by Gasteiger charge is -2.22. The zero-order valence-electron chi connectivity index (χ0n) is 16.1. The number of furan rings is 1. The number of aromatic nitrogens is 2. The van der Waals surface area contributed by atoms with Crippen molar-refractivity contribution in [2.24, 2.45) is 14.1 Å². The molecule has 1 aromatic carbocycles. The first-order valence-corrected chi connectivity index (χ1v) is 8.99. The Hall–Kier alpha value is -2.31. The molecule has 6 heteroatoms. The predicted molar refractivity (Wildman–Crippen MR) is 104 cm³/mol. The summed E-state index contributed by atoms with van der Waals surface area (Å²) in [6.07, 6.45) is 2.82. The molecule has 6 nitrogen and oxygen atoms in total. The van der Waals surface area contributed by atoms with Gasteiger partial charge < -0.3 is 9.32 Å². The van der Waals surface area contributed by atoms with E-state index in [4.69, 9.17) is 4.42 Å². The Labute approximate surface area is 154 Å². The van der Waals surface area contributed by atoms with Gasteiger partial charge in [0.15, 0.2) is 0 Å². The van der Waals surface area contributed by atoms with Gasteiger partial charge in [0.2, 0.25) is 0 Å². The molecule has 0 aliphatic heterocycles. The lowest BCUT2D eigenvalue weighted by atomic mass is 10.1. The van der Waals surface area contributed by atoms with E-state index in [9.17, 15) is 4.79 Å². The van der Waals surface area contributed by atoms with Crippen molar-refractivity contribution in [3.63, 3.8) is 0 Å². The molecule has 140 valence electrons. The van der Waals surface area contributed by atoms with Crippen molar-refractivity contribution >= 4 is 11.0 Å². The van der Waals surface area contributed by atoms with Crippen LogP contribution in [0.25, 0.3) is 11.0 Å². The summed E-state index contributed by atoms with van der Waals surface area (Å²) in [5.74, 6) is 0.975. The van der Waals surface area contributed by atoms with Gasteiger partial charge in [-0.1, -0.05) is 6.07 Å². The molecule has 0 spiro atoms. The fraction of sp³-hybridized carbons (Fsp3) is 0.450. The number of nitrogens with zero attached hydrogens (tertiary/aromatic N) is 4. The molecule has 2 heterocycles. The van der Waals surface area contributed by atoms with Gasteiger partial charge in [0.1, 0.15) is 5.76 Å². The van der Waals surface area contributed by atoms with Gasteiger partial charge in [-0.25, -0.2) is 4.79 Å². The van der Waals surface area contributed by atoms with Crippen molar-refractivity contribution in [3.8, 4) is 0 Å². The Kier molecular flexibility index (Phi) is 5.64. The van der Waals surface area contributed by atoms with Crippen molar-refractivity contribution in [2.45, 2.75) is 19.5 Å². The van der Waals surface area contributed by atoms with Crippen LogP contribution < -0.4 is 5.69 Å². The van der Waals surface area contributed by atoms with Crippen molar-refractivity contribution < 1.29 is 4.42 Å². The van der Waals surface area contributed by atoms with Crippen LogP contribution in [0.2, 0.25) is 0 Å². The molecule has 3 aromatic rings. The first-order valence-electron chi connectivity index (χ1n) is 8.99. The van der Waals surface area contributed by atoms with Crippen LogP contribution in [0, 0.1) is 0 Å². The fourth-order valence-corrected chi connectivity index (χ4v) is 3.36. The first kappa shape index (κ1) is 18.5. The van der Waals surface area contributed by atoms with E-state index < -0.39 is 0 Å². The van der Waals surface area contributed by atoms with E-state index in [-0.39, 0.29) is 5.69 Å². The quantitative estimate of drug-likeness (QED) is 0.622. The standard InChI is InChI=1S/C20H28N4O2/c1-21(2)10-6-11-24(15-17-7-5-12-26-17)14-16-8-9-18-19(13-16)23(4)20(25)22(18)3/h5,7-9,12-13H,6,10-11,14-15H2,1-4H3. The summed E-state index contributed by atoms with van der Waals surface area (Å²) in [5.41, 5.74) is 3.15. The van der Waals surface area contributed by atoms with Gasteiger partial charge in [-0.15, -0.1) is 0 Å². The van der Waals surface area contributed by atoms with Gasteiger partial charge in [0.25, 0.3) is 0 Å². The van der Waals surface area contributed by atoms with E-state index >= 15 is 0 Å². The molecule has 0 fully saturated rings. The van der Waals surface area contributed by atoms with Gasteiger partial charge in [0.05, 0.1) is 23.8 Å². The van der Waals surface area contributed by atoms with E-state index in [1.54, 1.807) is 15.4 Å². The fourth-order valence-electron chi connectivity index (χ4n) is 3.36. The molecule has 0 bridgehead atoms. The lowest BCUT2D eigenvalue weighted by Crippen LogP contribution is -2.26. The van der Waals surface area contributed by atoms with Gasteiger partial charge >= 0.3 is 5.69 Å². The number of aryl methyl sites for hydroxylation is 2. The average molecular weight is 356 g/mol. The topological polar surface area (TPSA) is 46.5 Å². The lowest BCUT2D eigenvalue weighted by molar-refractivity contribution is 0.222. The molecule has 0 aliphatic rings. The molecule has 0 radical (unpaired) electrons. The Morgan fingerprint density at radius 1 is 1.00 bits per heavy atom. The molecule has 0 unspecified atom stereocenters. The van der Waals surface area contributed by atoms with Gasteiger partial charge in [-0.2, -0.15) is 0 Å². The van der Waals surface area contributed by atoms with Crippen LogP contribution in [0.15, 0.2) is 45.8 Å². The highest BCUT2D eigenvalue weighted by molar-refractivity contribution is 5.76. The minimum atomic E-state index is 0.00979. The van der Waals surface area contributed by atoms with Crippen LogP contribution >= 0.6 is 0 Å². The molecular formula is C20H28N4O2. The minimum absolute atomic E-state index is 0.00979. The summed E-state index contributed by atoms with van der Waals surface area (Å²) in [7, 11) is 7.84. The summed E-state index contributed by atoms with van der Waals surface area (Å²) in [6, 6.07) is 10.2. The Morgan fingerprint density at radius 3 is 2.46 bits per heavy atom. The highest BCUT2D eigenvalue weighted by atomic mass is 16.3. The van der Waals surface area contributed by atoms with Crippen molar-refractivity contribution in [3.05, 3.63) is 58.4 Å². The first-order chi connectivity index (χ1) is 12.5. The van der Waals surface area contributed by atoms with Gasteiger partial charge in [-0.05, 0) is 56.9 Å². The van der Waals surface area contributed by atoms with Crippen LogP contribution in [0.1, 0.15) is 17.7 Å². The number of hydrogen-bond acceptors (Lipinski definition) is 4. The number of benzene rings is 1. The van der Waals surface area contributed by atoms with Crippen LogP contribution in [-0.4, -0.2) is 46.1 Å². The highest BCUT2D eigenvalue weighted by Gasteiger charge is 2.12. The molecule has 0 aliphatic carbocycles. The van der Waals surface area contributed by atoms with Crippen molar-refractivity contribution in [1.82, 2.24) is 18.9 Å². The summed E-state index contributed by atoms with van der Waals surface area (Å²) in [5, 5.41) is 0. The average Bonchev–Trinajstić information content (AvgIpc) is 3.18. The van der Waals surface area contributed by atoms with Crippen molar-refractivity contribution in [2.75, 3.05) is 27.2 Å². The van der Waals surface area contributed by atoms with Gasteiger partial charge in [-0.3, -0.25) is 14.0 Å². The minimum Gasteiger partial charge on any atom is -0.468 e. The molecule has 0 saturated heterocycles. The molecule has 2 aromatic heterocycles.